The molecule has 1 aliphatic rings. The molecule has 0 spiro atoms. The van der Waals surface area contributed by atoms with Crippen LogP contribution in [-0.4, -0.2) is 52.1 Å². The van der Waals surface area contributed by atoms with Crippen LogP contribution in [-0.2, 0) is 14.4 Å². The largest absolute Gasteiger partial charge is 0.481 e. The molecule has 0 aliphatic carbocycles. The smallest absolute Gasteiger partial charge is 0.309 e. The second-order valence-corrected chi connectivity index (χ2v) is 5.85. The van der Waals surface area contributed by atoms with E-state index >= 15 is 0 Å². The summed E-state index contributed by atoms with van der Waals surface area (Å²) in [6.45, 7) is 4.10. The van der Waals surface area contributed by atoms with Crippen molar-refractivity contribution >= 4 is 17.8 Å². The third-order valence-electron chi connectivity index (χ3n) is 4.02. The molecule has 0 bridgehead atoms. The zero-order chi connectivity index (χ0) is 15.5. The molecule has 1 rings (SSSR count). The van der Waals surface area contributed by atoms with Crippen LogP contribution in [0.15, 0.2) is 0 Å². The Hall–Kier alpha value is -1.63. The summed E-state index contributed by atoms with van der Waals surface area (Å²) in [5, 5.41) is 17.9. The standard InChI is InChI=1S/C13H22N2O5/c1-13(2,12(19)20)8-4-3-5-15(7-8)11(18)9(14)6-10(16)17/h8-9H,3-7,14H2,1-2H3,(H,16,17)(H,19,20). The van der Waals surface area contributed by atoms with Crippen molar-refractivity contribution in [2.75, 3.05) is 13.1 Å². The van der Waals surface area contributed by atoms with Crippen molar-refractivity contribution in [3.05, 3.63) is 0 Å². The summed E-state index contributed by atoms with van der Waals surface area (Å²) in [7, 11) is 0. The van der Waals surface area contributed by atoms with Gasteiger partial charge >= 0.3 is 11.9 Å². The van der Waals surface area contributed by atoms with E-state index in [1.807, 2.05) is 0 Å². The van der Waals surface area contributed by atoms with Crippen LogP contribution in [0.25, 0.3) is 0 Å². The molecule has 2 unspecified atom stereocenters. The zero-order valence-electron chi connectivity index (χ0n) is 11.8. The summed E-state index contributed by atoms with van der Waals surface area (Å²) >= 11 is 0. The predicted molar refractivity (Wildman–Crippen MR) is 70.9 cm³/mol. The Kier molecular flexibility index (Phi) is 5.10. The molecule has 20 heavy (non-hydrogen) atoms. The molecule has 0 aromatic heterocycles. The van der Waals surface area contributed by atoms with E-state index in [1.165, 1.54) is 4.90 Å². The lowest BCUT2D eigenvalue weighted by molar-refractivity contribution is -0.153. The number of carbonyl (C=O) groups excluding carboxylic acids is 1. The molecular formula is C13H22N2O5. The van der Waals surface area contributed by atoms with Gasteiger partial charge in [0.1, 0.15) is 0 Å². The van der Waals surface area contributed by atoms with Crippen molar-refractivity contribution in [1.82, 2.24) is 4.90 Å². The highest BCUT2D eigenvalue weighted by atomic mass is 16.4. The summed E-state index contributed by atoms with van der Waals surface area (Å²) in [6, 6.07) is -1.07. The molecule has 1 heterocycles. The lowest BCUT2D eigenvalue weighted by atomic mass is 9.74. The maximum absolute atomic E-state index is 12.1. The molecule has 7 nitrogen and oxygen atoms in total. The number of carboxylic acids is 2. The maximum atomic E-state index is 12.1. The van der Waals surface area contributed by atoms with Crippen LogP contribution in [0.5, 0.6) is 0 Å². The van der Waals surface area contributed by atoms with Crippen molar-refractivity contribution in [2.45, 2.75) is 39.2 Å². The van der Waals surface area contributed by atoms with Crippen LogP contribution in [0, 0.1) is 11.3 Å². The van der Waals surface area contributed by atoms with Gasteiger partial charge in [0.25, 0.3) is 0 Å². The molecule has 1 fully saturated rings. The minimum Gasteiger partial charge on any atom is -0.481 e. The molecular weight excluding hydrogens is 264 g/mol. The molecule has 0 radical (unpaired) electrons. The fourth-order valence-corrected chi connectivity index (χ4v) is 2.45. The Labute approximate surface area is 117 Å². The fraction of sp³-hybridized carbons (Fsp3) is 0.769. The van der Waals surface area contributed by atoms with Gasteiger partial charge in [0.2, 0.25) is 5.91 Å². The fourth-order valence-electron chi connectivity index (χ4n) is 2.45. The average molecular weight is 286 g/mol. The van der Waals surface area contributed by atoms with Gasteiger partial charge in [0.15, 0.2) is 0 Å². The molecule has 7 heteroatoms. The van der Waals surface area contributed by atoms with Crippen LogP contribution in [0.4, 0.5) is 0 Å². The quantitative estimate of drug-likeness (QED) is 0.661. The first kappa shape index (κ1) is 16.4. The van der Waals surface area contributed by atoms with E-state index in [-0.39, 0.29) is 5.92 Å². The highest BCUT2D eigenvalue weighted by molar-refractivity contribution is 5.86. The van der Waals surface area contributed by atoms with Crippen LogP contribution < -0.4 is 5.73 Å². The van der Waals surface area contributed by atoms with E-state index in [2.05, 4.69) is 0 Å². The Balaban J connectivity index is 2.72. The summed E-state index contributed by atoms with van der Waals surface area (Å²) in [5.74, 6) is -2.59. The van der Waals surface area contributed by atoms with Gasteiger partial charge in [-0.05, 0) is 32.6 Å². The minimum absolute atomic E-state index is 0.158. The van der Waals surface area contributed by atoms with E-state index in [1.54, 1.807) is 13.8 Å². The van der Waals surface area contributed by atoms with Gasteiger partial charge in [-0.2, -0.15) is 0 Å². The van der Waals surface area contributed by atoms with Crippen LogP contribution in [0.3, 0.4) is 0 Å². The van der Waals surface area contributed by atoms with Crippen LogP contribution in [0.1, 0.15) is 33.1 Å². The number of likely N-dealkylation sites (tertiary alicyclic amines) is 1. The highest BCUT2D eigenvalue weighted by Gasteiger charge is 2.40. The van der Waals surface area contributed by atoms with Crippen molar-refractivity contribution < 1.29 is 24.6 Å². The normalized spacial score (nSPS) is 21.4. The predicted octanol–water partition coefficient (Wildman–Crippen LogP) is 0.138. The third-order valence-corrected chi connectivity index (χ3v) is 4.02. The first-order chi connectivity index (χ1) is 9.16. The van der Waals surface area contributed by atoms with Gasteiger partial charge in [0, 0.05) is 13.1 Å². The van der Waals surface area contributed by atoms with Gasteiger partial charge in [-0.3, -0.25) is 14.4 Å². The van der Waals surface area contributed by atoms with Crippen LogP contribution >= 0.6 is 0 Å². The number of carbonyl (C=O) groups is 3. The first-order valence-electron chi connectivity index (χ1n) is 6.65. The minimum atomic E-state index is -1.12. The number of hydrogen-bond donors (Lipinski definition) is 3. The number of nitrogens with two attached hydrogens (primary N) is 1. The number of carboxylic acid groups (broad SMARTS) is 2. The van der Waals surface area contributed by atoms with E-state index in [0.29, 0.717) is 19.5 Å². The van der Waals surface area contributed by atoms with E-state index in [9.17, 15) is 19.5 Å². The van der Waals surface area contributed by atoms with Gasteiger partial charge in [0.05, 0.1) is 17.9 Å². The summed E-state index contributed by atoms with van der Waals surface area (Å²) < 4.78 is 0. The third kappa shape index (κ3) is 3.69. The molecule has 0 saturated carbocycles. The second kappa shape index (κ2) is 6.21. The van der Waals surface area contributed by atoms with E-state index < -0.39 is 35.7 Å². The highest BCUT2D eigenvalue weighted by Crippen LogP contribution is 2.34. The number of nitrogens with zero attached hydrogens (tertiary/aromatic N) is 1. The number of hydrogen-bond acceptors (Lipinski definition) is 4. The van der Waals surface area contributed by atoms with E-state index in [4.69, 9.17) is 10.8 Å². The molecule has 1 amide bonds. The summed E-state index contributed by atoms with van der Waals surface area (Å²) in [5.41, 5.74) is 4.65. The molecule has 0 aromatic rings. The monoisotopic (exact) mass is 286 g/mol. The Bertz CT molecular complexity index is 408. The lowest BCUT2D eigenvalue weighted by Crippen LogP contribution is -2.51. The maximum Gasteiger partial charge on any atom is 0.309 e. The van der Waals surface area contributed by atoms with Gasteiger partial charge in [-0.25, -0.2) is 0 Å². The number of rotatable bonds is 5. The number of amides is 1. The molecule has 1 aliphatic heterocycles. The summed E-state index contributed by atoms with van der Waals surface area (Å²) in [6.07, 6.45) is 1.02. The Morgan fingerprint density at radius 2 is 1.95 bits per heavy atom. The van der Waals surface area contributed by atoms with E-state index in [0.717, 1.165) is 6.42 Å². The molecule has 0 aromatic carbocycles. The SMILES string of the molecule is CC(C)(C(=O)O)C1CCCN(C(=O)C(N)CC(=O)O)C1. The Morgan fingerprint density at radius 1 is 1.35 bits per heavy atom. The van der Waals surface area contributed by atoms with Crippen LogP contribution in [0.2, 0.25) is 0 Å². The number of aliphatic carboxylic acids is 2. The van der Waals surface area contributed by atoms with Crippen molar-refractivity contribution in [2.24, 2.45) is 17.1 Å². The number of piperidine rings is 1. The molecule has 114 valence electrons. The van der Waals surface area contributed by atoms with Gasteiger partial charge in [-0.15, -0.1) is 0 Å². The van der Waals surface area contributed by atoms with Crippen molar-refractivity contribution in [1.29, 1.82) is 0 Å². The van der Waals surface area contributed by atoms with Crippen molar-refractivity contribution in [3.63, 3.8) is 0 Å². The second-order valence-electron chi connectivity index (χ2n) is 5.85. The Morgan fingerprint density at radius 3 is 2.45 bits per heavy atom. The lowest BCUT2D eigenvalue weighted by Gasteiger charge is -2.39. The summed E-state index contributed by atoms with van der Waals surface area (Å²) in [4.78, 5) is 35.4. The molecule has 1 saturated heterocycles. The van der Waals surface area contributed by atoms with Crippen molar-refractivity contribution in [3.8, 4) is 0 Å². The molecule has 2 atom stereocenters. The van der Waals surface area contributed by atoms with Gasteiger partial charge in [-0.1, -0.05) is 0 Å². The zero-order valence-corrected chi connectivity index (χ0v) is 11.8. The topological polar surface area (TPSA) is 121 Å². The average Bonchev–Trinajstić information content (AvgIpc) is 2.37. The molecule has 4 N–H and O–H groups in total. The first-order valence-corrected chi connectivity index (χ1v) is 6.65. The van der Waals surface area contributed by atoms with Gasteiger partial charge < -0.3 is 20.8 Å².